The van der Waals surface area contributed by atoms with E-state index in [2.05, 4.69) is 20.9 Å². The summed E-state index contributed by atoms with van der Waals surface area (Å²) < 4.78 is 12.3. The van der Waals surface area contributed by atoms with Crippen molar-refractivity contribution in [1.29, 1.82) is 0 Å². The van der Waals surface area contributed by atoms with E-state index in [1.54, 1.807) is 37.0 Å². The molecule has 1 aromatic heterocycles. The van der Waals surface area contributed by atoms with E-state index < -0.39 is 0 Å². The fourth-order valence-electron chi connectivity index (χ4n) is 4.33. The molecule has 170 valence electrons. The summed E-state index contributed by atoms with van der Waals surface area (Å²) in [5, 5.41) is 0.469. The molecule has 0 spiro atoms. The van der Waals surface area contributed by atoms with Crippen LogP contribution in [-0.4, -0.2) is 61.4 Å². The second-order valence-electron chi connectivity index (χ2n) is 8.00. The van der Waals surface area contributed by atoms with E-state index in [0.29, 0.717) is 23.2 Å². The molecule has 1 N–H and O–H groups in total. The topological polar surface area (TPSA) is 79.8 Å². The van der Waals surface area contributed by atoms with Gasteiger partial charge in [-0.1, -0.05) is 12.1 Å². The number of para-hydroxylation sites is 2. The van der Waals surface area contributed by atoms with Crippen molar-refractivity contribution in [2.24, 2.45) is 0 Å². The quantitative estimate of drug-likeness (QED) is 0.544. The smallest absolute Gasteiger partial charge is 0.328 e. The number of nitrogens with zero attached hydrogens (tertiary/aromatic N) is 3. The summed E-state index contributed by atoms with van der Waals surface area (Å²) in [5.41, 5.74) is 1.05. The second-order valence-corrected chi connectivity index (χ2v) is 8.00. The molecule has 8 nitrogen and oxygen atoms in total. The summed E-state index contributed by atoms with van der Waals surface area (Å²) in [7, 11) is 3.27. The van der Waals surface area contributed by atoms with E-state index >= 15 is 0 Å². The Morgan fingerprint density at radius 3 is 2.41 bits per heavy atom. The maximum Gasteiger partial charge on any atom is 0.328 e. The lowest BCUT2D eigenvalue weighted by atomic mass is 10.2. The highest BCUT2D eigenvalue weighted by Crippen LogP contribution is 2.28. The van der Waals surface area contributed by atoms with Crippen LogP contribution in [0.4, 0.5) is 5.69 Å². The molecule has 4 rings (SSSR count). The molecule has 8 heteroatoms. The van der Waals surface area contributed by atoms with Crippen LogP contribution in [0.2, 0.25) is 0 Å². The zero-order chi connectivity index (χ0) is 22.5. The molecule has 0 saturated carbocycles. The number of unbranched alkanes of at least 4 members (excludes halogenated alkanes) is 1. The molecule has 2 heterocycles. The number of aromatic amines is 1. The van der Waals surface area contributed by atoms with Crippen LogP contribution in [0.1, 0.15) is 12.8 Å². The summed E-state index contributed by atoms with van der Waals surface area (Å²) in [5.74, 6) is 1.51. The summed E-state index contributed by atoms with van der Waals surface area (Å²) in [6.07, 6.45) is 1.84. The maximum atomic E-state index is 12.4. The number of H-pyrrole nitrogens is 1. The van der Waals surface area contributed by atoms with Gasteiger partial charge in [0.05, 0.1) is 30.8 Å². The molecular weight excluding hydrogens is 408 g/mol. The molecule has 0 unspecified atom stereocenters. The van der Waals surface area contributed by atoms with E-state index in [0.717, 1.165) is 57.0 Å². The van der Waals surface area contributed by atoms with Crippen LogP contribution in [0.5, 0.6) is 11.5 Å². The molecule has 3 aromatic rings. The summed E-state index contributed by atoms with van der Waals surface area (Å²) in [6.45, 7) is 5.49. The first-order valence-electron chi connectivity index (χ1n) is 11.0. The highest BCUT2D eigenvalue weighted by molar-refractivity contribution is 5.79. The van der Waals surface area contributed by atoms with Gasteiger partial charge in [-0.25, -0.2) is 4.79 Å². The predicted octanol–water partition coefficient (Wildman–Crippen LogP) is 2.31. The molecule has 0 aliphatic carbocycles. The normalized spacial score (nSPS) is 14.6. The molecular formula is C24H30N4O4. The Labute approximate surface area is 187 Å². The molecule has 0 atom stereocenters. The molecule has 0 bridgehead atoms. The number of aryl methyl sites for hydroxylation is 1. The van der Waals surface area contributed by atoms with E-state index in [4.69, 9.17) is 9.47 Å². The molecule has 0 radical (unpaired) electrons. The standard InChI is InChI=1S/C24H30N4O4/c1-31-18-9-10-20-19(17-18)23(29)25-24(30)28(20)12-6-5-11-26-13-15-27(16-14-26)21-7-3-4-8-22(21)32-2/h3-4,7-10,17H,5-6,11-16H2,1-2H3,(H,25,29,30). The Morgan fingerprint density at radius 1 is 0.906 bits per heavy atom. The first kappa shape index (κ1) is 22.0. The Hall–Kier alpha value is -3.26. The van der Waals surface area contributed by atoms with Crippen LogP contribution >= 0.6 is 0 Å². The predicted molar refractivity (Wildman–Crippen MR) is 126 cm³/mol. The van der Waals surface area contributed by atoms with Crippen molar-refractivity contribution in [1.82, 2.24) is 14.5 Å². The molecule has 1 aliphatic heterocycles. The van der Waals surface area contributed by atoms with Gasteiger partial charge in [-0.3, -0.25) is 19.2 Å². The fourth-order valence-corrected chi connectivity index (χ4v) is 4.33. The summed E-state index contributed by atoms with van der Waals surface area (Å²) in [4.78, 5) is 31.8. The number of methoxy groups -OCH3 is 2. The van der Waals surface area contributed by atoms with Crippen molar-refractivity contribution in [3.63, 3.8) is 0 Å². The van der Waals surface area contributed by atoms with Crippen molar-refractivity contribution in [3.05, 3.63) is 63.3 Å². The minimum Gasteiger partial charge on any atom is -0.497 e. The van der Waals surface area contributed by atoms with E-state index in [1.165, 1.54) is 0 Å². The number of piperazine rings is 1. The second kappa shape index (κ2) is 9.91. The SMILES string of the molecule is COc1ccc2c(c1)c(=O)[nH]c(=O)n2CCCCN1CCN(c2ccccc2OC)CC1. The van der Waals surface area contributed by atoms with Crippen LogP contribution in [-0.2, 0) is 6.54 Å². The number of hydrogen-bond donors (Lipinski definition) is 1. The van der Waals surface area contributed by atoms with Gasteiger partial charge in [0.15, 0.2) is 0 Å². The van der Waals surface area contributed by atoms with Crippen molar-refractivity contribution in [2.75, 3.05) is 51.8 Å². The van der Waals surface area contributed by atoms with Gasteiger partial charge in [-0.15, -0.1) is 0 Å². The minimum absolute atomic E-state index is 0.363. The molecule has 2 aromatic carbocycles. The lowest BCUT2D eigenvalue weighted by Gasteiger charge is -2.36. The molecule has 1 fully saturated rings. The highest BCUT2D eigenvalue weighted by atomic mass is 16.5. The zero-order valence-corrected chi connectivity index (χ0v) is 18.7. The van der Waals surface area contributed by atoms with Crippen molar-refractivity contribution in [3.8, 4) is 11.5 Å². The van der Waals surface area contributed by atoms with Crippen LogP contribution in [0.3, 0.4) is 0 Å². The number of fused-ring (bicyclic) bond motifs is 1. The van der Waals surface area contributed by atoms with E-state index in [-0.39, 0.29) is 11.2 Å². The Bertz CT molecular complexity index is 1180. The number of benzene rings is 2. The van der Waals surface area contributed by atoms with Gasteiger partial charge >= 0.3 is 5.69 Å². The van der Waals surface area contributed by atoms with Crippen molar-refractivity contribution in [2.45, 2.75) is 19.4 Å². The van der Waals surface area contributed by atoms with Crippen LogP contribution < -0.4 is 25.6 Å². The van der Waals surface area contributed by atoms with Gasteiger partial charge in [0.25, 0.3) is 5.56 Å². The maximum absolute atomic E-state index is 12.4. The molecule has 1 aliphatic rings. The number of aromatic nitrogens is 2. The van der Waals surface area contributed by atoms with Crippen molar-refractivity contribution < 1.29 is 9.47 Å². The van der Waals surface area contributed by atoms with E-state index in [9.17, 15) is 9.59 Å². The Kier molecular flexibility index (Phi) is 6.80. The molecule has 0 amide bonds. The fraction of sp³-hybridized carbons (Fsp3) is 0.417. The number of hydrogen-bond acceptors (Lipinski definition) is 6. The summed E-state index contributed by atoms with van der Waals surface area (Å²) >= 11 is 0. The van der Waals surface area contributed by atoms with Gasteiger partial charge in [0.2, 0.25) is 0 Å². The number of ether oxygens (including phenoxy) is 2. The lowest BCUT2D eigenvalue weighted by molar-refractivity contribution is 0.250. The van der Waals surface area contributed by atoms with Gasteiger partial charge < -0.3 is 14.4 Å². The molecule has 1 saturated heterocycles. The third-order valence-electron chi connectivity index (χ3n) is 6.11. The molecule has 32 heavy (non-hydrogen) atoms. The van der Waals surface area contributed by atoms with Crippen molar-refractivity contribution >= 4 is 16.6 Å². The van der Waals surface area contributed by atoms with Crippen LogP contribution in [0.15, 0.2) is 52.1 Å². The van der Waals surface area contributed by atoms with Gasteiger partial charge in [0, 0.05) is 32.7 Å². The average Bonchev–Trinajstić information content (AvgIpc) is 2.83. The van der Waals surface area contributed by atoms with Gasteiger partial charge in [-0.2, -0.15) is 0 Å². The van der Waals surface area contributed by atoms with Crippen LogP contribution in [0, 0.1) is 0 Å². The third kappa shape index (κ3) is 4.65. The van der Waals surface area contributed by atoms with Crippen LogP contribution in [0.25, 0.3) is 10.9 Å². The lowest BCUT2D eigenvalue weighted by Crippen LogP contribution is -2.46. The monoisotopic (exact) mass is 438 g/mol. The summed E-state index contributed by atoms with van der Waals surface area (Å²) in [6, 6.07) is 13.4. The largest absolute Gasteiger partial charge is 0.497 e. The average molecular weight is 439 g/mol. The Morgan fingerprint density at radius 2 is 1.66 bits per heavy atom. The zero-order valence-electron chi connectivity index (χ0n) is 18.7. The third-order valence-corrected chi connectivity index (χ3v) is 6.11. The number of nitrogens with one attached hydrogen (secondary N) is 1. The number of rotatable bonds is 8. The van der Waals surface area contributed by atoms with Gasteiger partial charge in [0.1, 0.15) is 11.5 Å². The van der Waals surface area contributed by atoms with E-state index in [1.807, 2.05) is 18.2 Å². The Balaban J connectivity index is 1.31. The van der Waals surface area contributed by atoms with Gasteiger partial charge in [-0.05, 0) is 49.7 Å². The minimum atomic E-state index is -0.381. The first-order chi connectivity index (χ1) is 15.6. The number of anilines is 1. The highest BCUT2D eigenvalue weighted by Gasteiger charge is 2.19. The first-order valence-corrected chi connectivity index (χ1v) is 11.0.